The first-order valence-corrected chi connectivity index (χ1v) is 10.4. The second-order valence-corrected chi connectivity index (χ2v) is 8.21. The number of piperazine rings is 1. The number of fused-ring (bicyclic) bond motifs is 1. The SMILES string of the molecule is CCN1CCN(C[C@@H]2CN(Cc3nc4ccccc4n3C)C[C@@H]2CO)CC1. The molecule has 0 unspecified atom stereocenters. The van der Waals surface area contributed by atoms with E-state index in [0.717, 1.165) is 57.2 Å². The summed E-state index contributed by atoms with van der Waals surface area (Å²) in [6, 6.07) is 8.33. The van der Waals surface area contributed by atoms with E-state index in [0.29, 0.717) is 18.4 Å². The largest absolute Gasteiger partial charge is 0.396 e. The van der Waals surface area contributed by atoms with Crippen LogP contribution >= 0.6 is 0 Å². The average Bonchev–Trinajstić information content (AvgIpc) is 3.23. The Balaban J connectivity index is 1.38. The first-order valence-electron chi connectivity index (χ1n) is 10.4. The number of aryl methyl sites for hydroxylation is 1. The van der Waals surface area contributed by atoms with Crippen LogP contribution in [-0.2, 0) is 13.6 Å². The van der Waals surface area contributed by atoms with Crippen molar-refractivity contribution in [3.8, 4) is 0 Å². The summed E-state index contributed by atoms with van der Waals surface area (Å²) < 4.78 is 2.21. The Bertz CT molecular complexity index is 752. The van der Waals surface area contributed by atoms with Gasteiger partial charge in [0, 0.05) is 59.5 Å². The van der Waals surface area contributed by atoms with Gasteiger partial charge in [-0.2, -0.15) is 0 Å². The zero-order chi connectivity index (χ0) is 18.8. The number of likely N-dealkylation sites (tertiary alicyclic amines) is 1. The van der Waals surface area contributed by atoms with E-state index in [9.17, 15) is 5.11 Å². The summed E-state index contributed by atoms with van der Waals surface area (Å²) in [6.07, 6.45) is 0. The molecule has 6 nitrogen and oxygen atoms in total. The molecule has 1 aromatic heterocycles. The number of imidazole rings is 1. The molecule has 2 saturated heterocycles. The second-order valence-electron chi connectivity index (χ2n) is 8.21. The lowest BCUT2D eigenvalue weighted by Crippen LogP contribution is -2.48. The fraction of sp³-hybridized carbons (Fsp3) is 0.667. The summed E-state index contributed by atoms with van der Waals surface area (Å²) in [5.74, 6) is 2.05. The van der Waals surface area contributed by atoms with Crippen molar-refractivity contribution in [2.24, 2.45) is 18.9 Å². The molecule has 27 heavy (non-hydrogen) atoms. The van der Waals surface area contributed by atoms with Gasteiger partial charge in [0.25, 0.3) is 0 Å². The molecule has 2 aromatic rings. The van der Waals surface area contributed by atoms with Gasteiger partial charge >= 0.3 is 0 Å². The summed E-state index contributed by atoms with van der Waals surface area (Å²) in [7, 11) is 2.11. The number of hydrogen-bond acceptors (Lipinski definition) is 5. The van der Waals surface area contributed by atoms with Crippen LogP contribution in [0.25, 0.3) is 11.0 Å². The fourth-order valence-corrected chi connectivity index (χ4v) is 4.74. The quantitative estimate of drug-likeness (QED) is 0.828. The van der Waals surface area contributed by atoms with E-state index in [1.54, 1.807) is 0 Å². The highest BCUT2D eigenvalue weighted by Crippen LogP contribution is 2.26. The number of nitrogens with zero attached hydrogens (tertiary/aromatic N) is 5. The third-order valence-electron chi connectivity index (χ3n) is 6.54. The molecule has 0 saturated carbocycles. The van der Waals surface area contributed by atoms with Crippen molar-refractivity contribution >= 4 is 11.0 Å². The van der Waals surface area contributed by atoms with E-state index >= 15 is 0 Å². The Labute approximate surface area is 162 Å². The normalized spacial score (nSPS) is 25.6. The lowest BCUT2D eigenvalue weighted by Gasteiger charge is -2.36. The lowest BCUT2D eigenvalue weighted by molar-refractivity contribution is 0.106. The van der Waals surface area contributed by atoms with Gasteiger partial charge in [-0.1, -0.05) is 19.1 Å². The number of rotatable bonds is 6. The highest BCUT2D eigenvalue weighted by Gasteiger charge is 2.34. The van der Waals surface area contributed by atoms with Crippen molar-refractivity contribution in [1.29, 1.82) is 0 Å². The van der Waals surface area contributed by atoms with Crippen LogP contribution in [0.15, 0.2) is 24.3 Å². The third kappa shape index (κ3) is 4.04. The lowest BCUT2D eigenvalue weighted by atomic mass is 9.96. The maximum Gasteiger partial charge on any atom is 0.123 e. The van der Waals surface area contributed by atoms with Gasteiger partial charge in [-0.25, -0.2) is 4.98 Å². The highest BCUT2D eigenvalue weighted by atomic mass is 16.3. The Morgan fingerprint density at radius 3 is 2.41 bits per heavy atom. The molecule has 0 bridgehead atoms. The van der Waals surface area contributed by atoms with Gasteiger partial charge in [-0.3, -0.25) is 4.90 Å². The van der Waals surface area contributed by atoms with Crippen molar-refractivity contribution in [2.45, 2.75) is 13.5 Å². The standard InChI is InChI=1S/C21H33N5O/c1-3-24-8-10-25(11-9-24)12-17-13-26(14-18(17)16-27)15-21-22-19-6-4-5-7-20(19)23(21)2/h4-7,17-18,27H,3,8-16H2,1-2H3/t17-,18-/m1/s1. The molecule has 6 heteroatoms. The van der Waals surface area contributed by atoms with E-state index in [-0.39, 0.29) is 0 Å². The molecule has 2 aliphatic heterocycles. The molecule has 4 rings (SSSR count). The van der Waals surface area contributed by atoms with Crippen LogP contribution in [0.5, 0.6) is 0 Å². The maximum atomic E-state index is 9.92. The van der Waals surface area contributed by atoms with Crippen LogP contribution in [0.3, 0.4) is 0 Å². The first kappa shape index (κ1) is 18.9. The Morgan fingerprint density at radius 1 is 1.00 bits per heavy atom. The van der Waals surface area contributed by atoms with Crippen molar-refractivity contribution in [2.75, 3.05) is 59.0 Å². The summed E-state index contributed by atoms with van der Waals surface area (Å²) in [5.41, 5.74) is 2.26. The molecule has 148 valence electrons. The van der Waals surface area contributed by atoms with Gasteiger partial charge in [0.15, 0.2) is 0 Å². The molecule has 2 fully saturated rings. The molecule has 0 aliphatic carbocycles. The average molecular weight is 372 g/mol. The van der Waals surface area contributed by atoms with Crippen molar-refractivity contribution in [3.05, 3.63) is 30.1 Å². The van der Waals surface area contributed by atoms with Gasteiger partial charge in [0.05, 0.1) is 17.6 Å². The van der Waals surface area contributed by atoms with Crippen LogP contribution in [0.1, 0.15) is 12.7 Å². The highest BCUT2D eigenvalue weighted by molar-refractivity contribution is 5.75. The van der Waals surface area contributed by atoms with E-state index in [1.807, 2.05) is 6.07 Å². The van der Waals surface area contributed by atoms with Crippen molar-refractivity contribution < 1.29 is 5.11 Å². The molecule has 1 aromatic carbocycles. The summed E-state index contributed by atoms with van der Waals surface area (Å²) in [5, 5.41) is 9.92. The van der Waals surface area contributed by atoms with E-state index in [4.69, 9.17) is 4.98 Å². The summed E-state index contributed by atoms with van der Waals surface area (Å²) >= 11 is 0. The second kappa shape index (κ2) is 8.27. The minimum absolute atomic E-state index is 0.290. The van der Waals surface area contributed by atoms with Gasteiger partial charge in [0.1, 0.15) is 5.82 Å². The van der Waals surface area contributed by atoms with Gasteiger partial charge in [0.2, 0.25) is 0 Å². The van der Waals surface area contributed by atoms with E-state index < -0.39 is 0 Å². The van der Waals surface area contributed by atoms with Crippen molar-refractivity contribution in [3.63, 3.8) is 0 Å². The number of likely N-dealkylation sites (N-methyl/N-ethyl adjacent to an activating group) is 1. The van der Waals surface area contributed by atoms with E-state index in [1.165, 1.54) is 18.6 Å². The zero-order valence-corrected chi connectivity index (χ0v) is 16.7. The van der Waals surface area contributed by atoms with Crippen LogP contribution in [0.2, 0.25) is 0 Å². The maximum absolute atomic E-state index is 9.92. The first-order chi connectivity index (χ1) is 13.2. The third-order valence-corrected chi connectivity index (χ3v) is 6.54. The van der Waals surface area contributed by atoms with Gasteiger partial charge in [-0.05, 0) is 30.5 Å². The van der Waals surface area contributed by atoms with Crippen molar-refractivity contribution in [1.82, 2.24) is 24.3 Å². The molecule has 0 spiro atoms. The monoisotopic (exact) mass is 371 g/mol. The molecule has 1 N–H and O–H groups in total. The number of aromatic nitrogens is 2. The number of aliphatic hydroxyl groups excluding tert-OH is 1. The zero-order valence-electron chi connectivity index (χ0n) is 16.7. The molecule has 3 heterocycles. The van der Waals surface area contributed by atoms with Gasteiger partial charge in [-0.15, -0.1) is 0 Å². The molecule has 0 amide bonds. The van der Waals surface area contributed by atoms with Crippen LogP contribution < -0.4 is 0 Å². The molecular formula is C21H33N5O. The topological polar surface area (TPSA) is 47.8 Å². The summed E-state index contributed by atoms with van der Waals surface area (Å²) in [6.45, 7) is 12.4. The van der Waals surface area contributed by atoms with E-state index in [2.05, 4.69) is 51.4 Å². The smallest absolute Gasteiger partial charge is 0.123 e. The predicted molar refractivity (Wildman–Crippen MR) is 109 cm³/mol. The summed E-state index contributed by atoms with van der Waals surface area (Å²) in [4.78, 5) is 12.4. The predicted octanol–water partition coefficient (Wildman–Crippen LogP) is 1.25. The Morgan fingerprint density at radius 2 is 1.70 bits per heavy atom. The minimum Gasteiger partial charge on any atom is -0.396 e. The van der Waals surface area contributed by atoms with Crippen LogP contribution in [-0.4, -0.2) is 88.3 Å². The molecule has 0 radical (unpaired) electrons. The number of para-hydroxylation sites is 2. The minimum atomic E-state index is 0.290. The van der Waals surface area contributed by atoms with Crippen LogP contribution in [0, 0.1) is 11.8 Å². The fourth-order valence-electron chi connectivity index (χ4n) is 4.74. The molecular weight excluding hydrogens is 338 g/mol. The molecule has 2 aliphatic rings. The number of aliphatic hydroxyl groups is 1. The Hall–Kier alpha value is -1.47. The number of benzene rings is 1. The molecule has 2 atom stereocenters. The van der Waals surface area contributed by atoms with Crippen LogP contribution in [0.4, 0.5) is 0 Å². The number of hydrogen-bond donors (Lipinski definition) is 1. The Kier molecular flexibility index (Phi) is 5.78. The van der Waals surface area contributed by atoms with Gasteiger partial charge < -0.3 is 19.5 Å².